The number of benzene rings is 3. The van der Waals surface area contributed by atoms with Crippen molar-refractivity contribution < 1.29 is 14.3 Å². The molecule has 0 aliphatic heterocycles. The third-order valence-electron chi connectivity index (χ3n) is 3.86. The number of anilines is 1. The van der Waals surface area contributed by atoms with Crippen molar-refractivity contribution in [3.63, 3.8) is 0 Å². The van der Waals surface area contributed by atoms with Crippen molar-refractivity contribution in [1.29, 1.82) is 0 Å². The maximum Gasteiger partial charge on any atom is 0.343 e. The molecule has 152 valence electrons. The van der Waals surface area contributed by atoms with Gasteiger partial charge in [-0.2, -0.15) is 5.10 Å². The van der Waals surface area contributed by atoms with E-state index >= 15 is 0 Å². The van der Waals surface area contributed by atoms with Crippen molar-refractivity contribution in [3.05, 3.63) is 88.9 Å². The minimum absolute atomic E-state index is 0.315. The highest BCUT2D eigenvalue weighted by Crippen LogP contribution is 2.17. The van der Waals surface area contributed by atoms with Crippen LogP contribution in [0.15, 0.2) is 77.9 Å². The van der Waals surface area contributed by atoms with Crippen LogP contribution in [-0.2, 0) is 0 Å². The van der Waals surface area contributed by atoms with E-state index in [2.05, 4.69) is 15.8 Å². The fourth-order valence-corrected chi connectivity index (χ4v) is 2.80. The third-order valence-corrected chi connectivity index (χ3v) is 4.29. The van der Waals surface area contributed by atoms with Crippen LogP contribution in [-0.4, -0.2) is 24.4 Å². The average Bonchev–Trinajstić information content (AvgIpc) is 2.74. The first-order valence-electron chi connectivity index (χ1n) is 8.85. The average molecular weight is 440 g/mol. The van der Waals surface area contributed by atoms with Crippen molar-refractivity contribution >= 4 is 46.8 Å². The standard InChI is InChI=1S/C22H18ClN3O3S/c1-28-19-10-8-16(9-11-19)21(27)29-20-7-2-4-15(12-20)14-24-26-22(30)25-18-6-3-5-17(23)13-18/h2-14H,1H3,(H2,25,26,30). The van der Waals surface area contributed by atoms with Crippen LogP contribution in [0.25, 0.3) is 0 Å². The van der Waals surface area contributed by atoms with Crippen molar-refractivity contribution in [2.24, 2.45) is 5.10 Å². The van der Waals surface area contributed by atoms with Gasteiger partial charge in [0.25, 0.3) is 0 Å². The summed E-state index contributed by atoms with van der Waals surface area (Å²) in [6, 6.07) is 20.8. The maximum atomic E-state index is 12.3. The quantitative estimate of drug-likeness (QED) is 0.187. The minimum Gasteiger partial charge on any atom is -0.497 e. The summed E-state index contributed by atoms with van der Waals surface area (Å²) in [4.78, 5) is 12.3. The lowest BCUT2D eigenvalue weighted by molar-refractivity contribution is 0.0734. The SMILES string of the molecule is COc1ccc(C(=O)Oc2cccc(C=NNC(=S)Nc3cccc(Cl)c3)c2)cc1. The molecule has 3 aromatic carbocycles. The lowest BCUT2D eigenvalue weighted by Crippen LogP contribution is -2.23. The van der Waals surface area contributed by atoms with Gasteiger partial charge >= 0.3 is 5.97 Å². The molecule has 6 nitrogen and oxygen atoms in total. The third kappa shape index (κ3) is 6.30. The summed E-state index contributed by atoms with van der Waals surface area (Å²) >= 11 is 11.1. The Morgan fingerprint density at radius 2 is 1.80 bits per heavy atom. The summed E-state index contributed by atoms with van der Waals surface area (Å²) in [6.07, 6.45) is 1.57. The van der Waals surface area contributed by atoms with Crippen LogP contribution in [0.5, 0.6) is 11.5 Å². The Morgan fingerprint density at radius 3 is 2.53 bits per heavy atom. The summed E-state index contributed by atoms with van der Waals surface area (Å²) in [5.41, 5.74) is 4.63. The van der Waals surface area contributed by atoms with Gasteiger partial charge in [0.1, 0.15) is 11.5 Å². The van der Waals surface area contributed by atoms with E-state index in [4.69, 9.17) is 33.3 Å². The van der Waals surface area contributed by atoms with Crippen LogP contribution < -0.4 is 20.2 Å². The van der Waals surface area contributed by atoms with Crippen LogP contribution in [0, 0.1) is 0 Å². The number of nitrogens with one attached hydrogen (secondary N) is 2. The van der Waals surface area contributed by atoms with Gasteiger partial charge in [0.05, 0.1) is 18.9 Å². The second-order valence-electron chi connectivity index (χ2n) is 6.02. The second-order valence-corrected chi connectivity index (χ2v) is 6.87. The summed E-state index contributed by atoms with van der Waals surface area (Å²) in [7, 11) is 1.56. The van der Waals surface area contributed by atoms with E-state index < -0.39 is 5.97 Å². The summed E-state index contributed by atoms with van der Waals surface area (Å²) in [5.74, 6) is 0.608. The molecule has 3 aromatic rings. The highest BCUT2D eigenvalue weighted by Gasteiger charge is 2.09. The molecular formula is C22H18ClN3O3S. The van der Waals surface area contributed by atoms with Crippen LogP contribution in [0.1, 0.15) is 15.9 Å². The van der Waals surface area contributed by atoms with Gasteiger partial charge in [-0.1, -0.05) is 29.8 Å². The number of methoxy groups -OCH3 is 1. The zero-order valence-corrected chi connectivity index (χ0v) is 17.5. The Morgan fingerprint density at radius 1 is 1.03 bits per heavy atom. The van der Waals surface area contributed by atoms with Crippen molar-refractivity contribution in [2.75, 3.05) is 12.4 Å². The molecule has 0 amide bonds. The molecule has 0 aromatic heterocycles. The molecular weight excluding hydrogens is 422 g/mol. The topological polar surface area (TPSA) is 72.0 Å². The first-order chi connectivity index (χ1) is 14.5. The minimum atomic E-state index is -0.461. The van der Waals surface area contributed by atoms with E-state index in [-0.39, 0.29) is 0 Å². The molecule has 8 heteroatoms. The Bertz CT molecular complexity index is 1070. The number of halogens is 1. The van der Waals surface area contributed by atoms with Gasteiger partial charge < -0.3 is 14.8 Å². The van der Waals surface area contributed by atoms with Crippen LogP contribution in [0.3, 0.4) is 0 Å². The molecule has 0 saturated heterocycles. The number of rotatable bonds is 6. The Hall–Kier alpha value is -3.42. The predicted molar refractivity (Wildman–Crippen MR) is 123 cm³/mol. The van der Waals surface area contributed by atoms with Gasteiger partial charge in [0.2, 0.25) is 0 Å². The summed E-state index contributed by atoms with van der Waals surface area (Å²) in [6.45, 7) is 0. The zero-order valence-electron chi connectivity index (χ0n) is 16.0. The lowest BCUT2D eigenvalue weighted by Gasteiger charge is -2.07. The zero-order chi connectivity index (χ0) is 21.3. The number of nitrogens with zero attached hydrogens (tertiary/aromatic N) is 1. The summed E-state index contributed by atoms with van der Waals surface area (Å²) < 4.78 is 10.5. The molecule has 0 aliphatic rings. The smallest absolute Gasteiger partial charge is 0.343 e. The van der Waals surface area contributed by atoms with E-state index in [9.17, 15) is 4.79 Å². The van der Waals surface area contributed by atoms with Crippen LogP contribution in [0.4, 0.5) is 5.69 Å². The molecule has 0 unspecified atom stereocenters. The van der Waals surface area contributed by atoms with Gasteiger partial charge in [-0.15, -0.1) is 0 Å². The molecule has 3 rings (SSSR count). The van der Waals surface area contributed by atoms with Crippen molar-refractivity contribution in [2.45, 2.75) is 0 Å². The highest BCUT2D eigenvalue weighted by molar-refractivity contribution is 7.80. The fourth-order valence-electron chi connectivity index (χ4n) is 2.44. The predicted octanol–water partition coefficient (Wildman–Crippen LogP) is 4.89. The molecule has 0 atom stereocenters. The van der Waals surface area contributed by atoms with E-state index in [0.29, 0.717) is 27.2 Å². The molecule has 0 radical (unpaired) electrons. The first kappa shape index (κ1) is 21.3. The number of carbonyl (C=O) groups excluding carboxylic acids is 1. The second kappa shape index (κ2) is 10.4. The van der Waals surface area contributed by atoms with E-state index in [1.165, 1.54) is 0 Å². The number of hydrazone groups is 1. The summed E-state index contributed by atoms with van der Waals surface area (Å²) in [5, 5.41) is 7.99. The number of ether oxygens (including phenoxy) is 2. The molecule has 0 fully saturated rings. The fraction of sp³-hybridized carbons (Fsp3) is 0.0455. The van der Waals surface area contributed by atoms with Crippen molar-refractivity contribution in [3.8, 4) is 11.5 Å². The molecule has 2 N–H and O–H groups in total. The molecule has 0 aliphatic carbocycles. The Labute approximate surface area is 184 Å². The molecule has 30 heavy (non-hydrogen) atoms. The van der Waals surface area contributed by atoms with Gasteiger partial charge in [-0.3, -0.25) is 5.43 Å². The van der Waals surface area contributed by atoms with Gasteiger partial charge in [0.15, 0.2) is 5.11 Å². The van der Waals surface area contributed by atoms with Gasteiger partial charge in [0, 0.05) is 10.7 Å². The number of hydrogen-bond donors (Lipinski definition) is 2. The molecule has 0 heterocycles. The molecule has 0 bridgehead atoms. The first-order valence-corrected chi connectivity index (χ1v) is 9.64. The van der Waals surface area contributed by atoms with E-state index in [1.54, 1.807) is 67.9 Å². The number of thiocarbonyl (C=S) groups is 1. The van der Waals surface area contributed by atoms with Gasteiger partial charge in [-0.05, 0) is 72.4 Å². The molecule has 0 spiro atoms. The van der Waals surface area contributed by atoms with E-state index in [0.717, 1.165) is 11.3 Å². The van der Waals surface area contributed by atoms with E-state index in [1.807, 2.05) is 18.2 Å². The maximum absolute atomic E-state index is 12.3. The normalized spacial score (nSPS) is 10.5. The Kier molecular flexibility index (Phi) is 7.37. The Balaban J connectivity index is 1.56. The molecule has 0 saturated carbocycles. The van der Waals surface area contributed by atoms with Crippen molar-refractivity contribution in [1.82, 2.24) is 5.43 Å². The highest BCUT2D eigenvalue weighted by atomic mass is 35.5. The van der Waals surface area contributed by atoms with Crippen LogP contribution >= 0.6 is 23.8 Å². The van der Waals surface area contributed by atoms with Crippen LogP contribution in [0.2, 0.25) is 5.02 Å². The monoisotopic (exact) mass is 439 g/mol. The largest absolute Gasteiger partial charge is 0.497 e. The number of esters is 1. The van der Waals surface area contributed by atoms with Gasteiger partial charge in [-0.25, -0.2) is 4.79 Å². The lowest BCUT2D eigenvalue weighted by atomic mass is 10.2. The number of carbonyl (C=O) groups is 1. The number of hydrogen-bond acceptors (Lipinski definition) is 5.